The van der Waals surface area contributed by atoms with Crippen LogP contribution in [0.25, 0.3) is 0 Å². The van der Waals surface area contributed by atoms with Crippen LogP contribution in [-0.2, 0) is 9.53 Å². The Balaban J connectivity index is 2.43. The van der Waals surface area contributed by atoms with Gasteiger partial charge in [-0.3, -0.25) is 4.79 Å². The quantitative estimate of drug-likeness (QED) is 0.664. The van der Waals surface area contributed by atoms with Crippen molar-refractivity contribution in [3.8, 4) is 0 Å². The Labute approximate surface area is 83.4 Å². The zero-order valence-electron chi connectivity index (χ0n) is 8.58. The average Bonchev–Trinajstić information content (AvgIpc) is 2.28. The lowest BCUT2D eigenvalue weighted by Crippen LogP contribution is -2.35. The molecule has 0 aromatic rings. The van der Waals surface area contributed by atoms with Crippen LogP contribution in [0.15, 0.2) is 0 Å². The Morgan fingerprint density at radius 1 is 1.50 bits per heavy atom. The van der Waals surface area contributed by atoms with Gasteiger partial charge in [-0.2, -0.15) is 0 Å². The van der Waals surface area contributed by atoms with E-state index in [1.54, 1.807) is 18.7 Å². The minimum atomic E-state index is -0.337. The maximum atomic E-state index is 11.4. The summed E-state index contributed by atoms with van der Waals surface area (Å²) >= 11 is 0. The van der Waals surface area contributed by atoms with Crippen molar-refractivity contribution in [3.63, 3.8) is 0 Å². The number of hydrogen-bond donors (Lipinski definition) is 1. The first-order chi connectivity index (χ1) is 6.59. The summed E-state index contributed by atoms with van der Waals surface area (Å²) in [4.78, 5) is 24.0. The SMILES string of the molecule is CC(C)OC(=O)N1CCNC(=O)CC1. The molecule has 2 amide bonds. The maximum absolute atomic E-state index is 11.4. The molecule has 1 fully saturated rings. The highest BCUT2D eigenvalue weighted by Crippen LogP contribution is 2.01. The van der Waals surface area contributed by atoms with Gasteiger partial charge in [0.1, 0.15) is 0 Å². The van der Waals surface area contributed by atoms with Gasteiger partial charge in [-0.05, 0) is 13.8 Å². The molecule has 0 saturated carbocycles. The second kappa shape index (κ2) is 4.83. The van der Waals surface area contributed by atoms with Gasteiger partial charge in [-0.25, -0.2) is 4.79 Å². The van der Waals surface area contributed by atoms with Crippen molar-refractivity contribution in [1.29, 1.82) is 0 Å². The topological polar surface area (TPSA) is 58.6 Å². The van der Waals surface area contributed by atoms with E-state index in [1.807, 2.05) is 0 Å². The first-order valence-electron chi connectivity index (χ1n) is 4.82. The Bertz CT molecular complexity index is 228. The molecule has 1 heterocycles. The van der Waals surface area contributed by atoms with Gasteiger partial charge in [0.15, 0.2) is 0 Å². The molecule has 5 heteroatoms. The molecule has 1 rings (SSSR count). The first-order valence-corrected chi connectivity index (χ1v) is 4.82. The molecular formula is C9H16N2O3. The molecule has 5 nitrogen and oxygen atoms in total. The lowest BCUT2D eigenvalue weighted by molar-refractivity contribution is -0.120. The fourth-order valence-electron chi connectivity index (χ4n) is 1.23. The summed E-state index contributed by atoms with van der Waals surface area (Å²) in [7, 11) is 0. The van der Waals surface area contributed by atoms with Crippen molar-refractivity contribution in [2.24, 2.45) is 0 Å². The standard InChI is InChI=1S/C9H16N2O3/c1-7(2)14-9(13)11-5-3-8(12)10-4-6-11/h7H,3-6H2,1-2H3,(H,10,12). The van der Waals surface area contributed by atoms with Crippen LogP contribution in [0.3, 0.4) is 0 Å². The smallest absolute Gasteiger partial charge is 0.410 e. The molecule has 80 valence electrons. The number of carbonyl (C=O) groups excluding carboxylic acids is 2. The molecule has 14 heavy (non-hydrogen) atoms. The maximum Gasteiger partial charge on any atom is 0.410 e. The molecule has 0 spiro atoms. The largest absolute Gasteiger partial charge is 0.447 e. The summed E-state index contributed by atoms with van der Waals surface area (Å²) in [6.07, 6.45) is -0.0985. The molecule has 0 aliphatic carbocycles. The molecule has 0 bridgehead atoms. The molecular weight excluding hydrogens is 184 g/mol. The van der Waals surface area contributed by atoms with E-state index in [1.165, 1.54) is 0 Å². The second-order valence-electron chi connectivity index (χ2n) is 3.52. The van der Waals surface area contributed by atoms with E-state index >= 15 is 0 Å². The summed E-state index contributed by atoms with van der Waals surface area (Å²) < 4.78 is 5.03. The first kappa shape index (κ1) is 10.8. The number of amides is 2. The molecule has 0 radical (unpaired) electrons. The van der Waals surface area contributed by atoms with Gasteiger partial charge >= 0.3 is 6.09 Å². The van der Waals surface area contributed by atoms with E-state index in [4.69, 9.17) is 4.74 Å². The molecule has 1 saturated heterocycles. The van der Waals surface area contributed by atoms with Crippen molar-refractivity contribution in [3.05, 3.63) is 0 Å². The van der Waals surface area contributed by atoms with E-state index in [2.05, 4.69) is 5.32 Å². The van der Waals surface area contributed by atoms with E-state index in [0.29, 0.717) is 26.1 Å². The number of nitrogens with zero attached hydrogens (tertiary/aromatic N) is 1. The van der Waals surface area contributed by atoms with Crippen molar-refractivity contribution in [2.75, 3.05) is 19.6 Å². The van der Waals surface area contributed by atoms with Gasteiger partial charge in [-0.15, -0.1) is 0 Å². The Morgan fingerprint density at radius 2 is 2.21 bits per heavy atom. The van der Waals surface area contributed by atoms with Gasteiger partial charge in [0.05, 0.1) is 6.10 Å². The Kier molecular flexibility index (Phi) is 3.73. The van der Waals surface area contributed by atoms with Crippen LogP contribution in [0.1, 0.15) is 20.3 Å². The van der Waals surface area contributed by atoms with Crippen molar-refractivity contribution >= 4 is 12.0 Å². The van der Waals surface area contributed by atoms with E-state index < -0.39 is 0 Å². The zero-order chi connectivity index (χ0) is 10.6. The highest BCUT2D eigenvalue weighted by atomic mass is 16.6. The number of carbonyl (C=O) groups is 2. The Morgan fingerprint density at radius 3 is 2.86 bits per heavy atom. The second-order valence-corrected chi connectivity index (χ2v) is 3.52. The fraction of sp³-hybridized carbons (Fsp3) is 0.778. The van der Waals surface area contributed by atoms with Crippen LogP contribution < -0.4 is 5.32 Å². The molecule has 1 aliphatic heterocycles. The minimum Gasteiger partial charge on any atom is -0.447 e. The van der Waals surface area contributed by atoms with Gasteiger partial charge in [0, 0.05) is 26.1 Å². The van der Waals surface area contributed by atoms with E-state index in [9.17, 15) is 9.59 Å². The molecule has 0 atom stereocenters. The van der Waals surface area contributed by atoms with Crippen LogP contribution in [0, 0.1) is 0 Å². The number of ether oxygens (including phenoxy) is 1. The van der Waals surface area contributed by atoms with Crippen LogP contribution in [0.4, 0.5) is 4.79 Å². The third-order valence-corrected chi connectivity index (χ3v) is 1.91. The molecule has 1 aliphatic rings. The fourth-order valence-corrected chi connectivity index (χ4v) is 1.23. The van der Waals surface area contributed by atoms with E-state index in [-0.39, 0.29) is 18.1 Å². The predicted molar refractivity (Wildman–Crippen MR) is 50.8 cm³/mol. The van der Waals surface area contributed by atoms with Gasteiger partial charge in [-0.1, -0.05) is 0 Å². The average molecular weight is 200 g/mol. The highest BCUT2D eigenvalue weighted by Gasteiger charge is 2.19. The van der Waals surface area contributed by atoms with Crippen molar-refractivity contribution < 1.29 is 14.3 Å². The van der Waals surface area contributed by atoms with E-state index in [0.717, 1.165) is 0 Å². The van der Waals surface area contributed by atoms with Crippen LogP contribution >= 0.6 is 0 Å². The summed E-state index contributed by atoms with van der Waals surface area (Å²) in [5.41, 5.74) is 0. The summed E-state index contributed by atoms with van der Waals surface area (Å²) in [6, 6.07) is 0. The number of rotatable bonds is 1. The van der Waals surface area contributed by atoms with Crippen molar-refractivity contribution in [2.45, 2.75) is 26.4 Å². The Hall–Kier alpha value is -1.26. The minimum absolute atomic E-state index is 0.00940. The molecule has 0 unspecified atom stereocenters. The zero-order valence-corrected chi connectivity index (χ0v) is 8.58. The third-order valence-electron chi connectivity index (χ3n) is 1.91. The monoisotopic (exact) mass is 200 g/mol. The lowest BCUT2D eigenvalue weighted by Gasteiger charge is -2.20. The number of hydrogen-bond acceptors (Lipinski definition) is 3. The third kappa shape index (κ3) is 3.24. The summed E-state index contributed by atoms with van der Waals surface area (Å²) in [6.45, 7) is 5.08. The molecule has 0 aromatic heterocycles. The van der Waals surface area contributed by atoms with Gasteiger partial charge in [0.25, 0.3) is 0 Å². The predicted octanol–water partition coefficient (Wildman–Crippen LogP) is 0.353. The lowest BCUT2D eigenvalue weighted by atomic mass is 10.4. The van der Waals surface area contributed by atoms with Crippen LogP contribution in [-0.4, -0.2) is 42.6 Å². The van der Waals surface area contributed by atoms with Crippen LogP contribution in [0.2, 0.25) is 0 Å². The highest BCUT2D eigenvalue weighted by molar-refractivity contribution is 5.77. The number of nitrogens with one attached hydrogen (secondary N) is 1. The summed E-state index contributed by atoms with van der Waals surface area (Å²) in [5, 5.41) is 2.69. The van der Waals surface area contributed by atoms with Crippen LogP contribution in [0.5, 0.6) is 0 Å². The normalized spacial score (nSPS) is 17.6. The van der Waals surface area contributed by atoms with Gasteiger partial charge < -0.3 is 15.0 Å². The van der Waals surface area contributed by atoms with Crippen molar-refractivity contribution in [1.82, 2.24) is 10.2 Å². The summed E-state index contributed by atoms with van der Waals surface area (Å²) in [5.74, 6) is -0.00940. The molecule has 0 aromatic carbocycles. The molecule has 1 N–H and O–H groups in total. The van der Waals surface area contributed by atoms with Gasteiger partial charge in [0.2, 0.25) is 5.91 Å².